The average Bonchev–Trinajstić information content (AvgIpc) is 2.30. The van der Waals surface area contributed by atoms with Crippen molar-refractivity contribution in [3.63, 3.8) is 0 Å². The van der Waals surface area contributed by atoms with Gasteiger partial charge in [0.25, 0.3) is 0 Å². The van der Waals surface area contributed by atoms with Gasteiger partial charge in [-0.3, -0.25) is 0 Å². The maximum atomic E-state index is 10.1. The van der Waals surface area contributed by atoms with Crippen molar-refractivity contribution in [2.75, 3.05) is 6.54 Å². The maximum absolute atomic E-state index is 10.1. The summed E-state index contributed by atoms with van der Waals surface area (Å²) in [6, 6.07) is -0.190. The van der Waals surface area contributed by atoms with Crippen molar-refractivity contribution < 1.29 is 9.59 Å². The summed E-state index contributed by atoms with van der Waals surface area (Å²) in [6.45, 7) is 2.44. The molecule has 0 saturated heterocycles. The largest absolute Gasteiger partial charge is 0.235 e. The Morgan fingerprint density at radius 2 is 1.69 bits per heavy atom. The molecule has 0 rings (SSSR count). The average molecular weight is 224 g/mol. The van der Waals surface area contributed by atoms with Crippen LogP contribution in [0.3, 0.4) is 0 Å². The zero-order chi connectivity index (χ0) is 12.1. The van der Waals surface area contributed by atoms with Crippen molar-refractivity contribution in [3.8, 4) is 0 Å². The first kappa shape index (κ1) is 14.8. The Balaban J connectivity index is 3.59. The first-order valence-electron chi connectivity index (χ1n) is 5.95. The Morgan fingerprint density at radius 1 is 1.00 bits per heavy atom. The fourth-order valence-electron chi connectivity index (χ4n) is 1.57. The maximum Gasteiger partial charge on any atom is 0.235 e. The molecule has 0 aromatic rings. The van der Waals surface area contributed by atoms with Crippen LogP contribution in [-0.4, -0.2) is 24.7 Å². The molecule has 4 heteroatoms. The molecule has 16 heavy (non-hydrogen) atoms. The van der Waals surface area contributed by atoms with Crippen LogP contribution in [0.25, 0.3) is 0 Å². The van der Waals surface area contributed by atoms with Crippen molar-refractivity contribution in [2.45, 2.75) is 57.9 Å². The zero-order valence-electron chi connectivity index (χ0n) is 9.95. The lowest BCUT2D eigenvalue weighted by Crippen LogP contribution is -2.08. The monoisotopic (exact) mass is 224 g/mol. The van der Waals surface area contributed by atoms with Gasteiger partial charge in [0, 0.05) is 0 Å². The Kier molecular flexibility index (Phi) is 10.9. The summed E-state index contributed by atoms with van der Waals surface area (Å²) in [5, 5.41) is 0. The number of unbranched alkanes of at least 4 members (excludes halogenated alkanes) is 5. The second kappa shape index (κ2) is 11.8. The summed E-state index contributed by atoms with van der Waals surface area (Å²) in [6.07, 6.45) is 11.0. The number of aliphatic imine (C=N–C) groups is 2. The second-order valence-corrected chi connectivity index (χ2v) is 3.86. The molecule has 0 aliphatic carbocycles. The highest BCUT2D eigenvalue weighted by Crippen LogP contribution is 2.10. The van der Waals surface area contributed by atoms with E-state index in [-0.39, 0.29) is 12.6 Å². The van der Waals surface area contributed by atoms with Gasteiger partial charge < -0.3 is 0 Å². The van der Waals surface area contributed by atoms with E-state index >= 15 is 0 Å². The minimum atomic E-state index is -0.190. The fraction of sp³-hybridized carbons (Fsp3) is 0.833. The van der Waals surface area contributed by atoms with Gasteiger partial charge in [0.05, 0.1) is 12.6 Å². The number of rotatable bonds is 10. The van der Waals surface area contributed by atoms with Crippen molar-refractivity contribution in [3.05, 3.63) is 0 Å². The van der Waals surface area contributed by atoms with Gasteiger partial charge in [0.15, 0.2) is 0 Å². The lowest BCUT2D eigenvalue weighted by atomic mass is 10.1. The van der Waals surface area contributed by atoms with Gasteiger partial charge in [-0.2, -0.15) is 0 Å². The van der Waals surface area contributed by atoms with Gasteiger partial charge in [0.2, 0.25) is 12.2 Å². The van der Waals surface area contributed by atoms with E-state index in [2.05, 4.69) is 16.9 Å². The molecule has 1 atom stereocenters. The summed E-state index contributed by atoms with van der Waals surface area (Å²) in [5.41, 5.74) is 0. The molecule has 0 aromatic heterocycles. The Morgan fingerprint density at radius 3 is 2.31 bits per heavy atom. The molecule has 90 valence electrons. The topological polar surface area (TPSA) is 58.9 Å². The summed E-state index contributed by atoms with van der Waals surface area (Å²) in [5.74, 6) is 0. The Bertz CT molecular complexity index is 254. The van der Waals surface area contributed by atoms with E-state index in [0.717, 1.165) is 19.3 Å². The van der Waals surface area contributed by atoms with E-state index in [1.807, 2.05) is 0 Å². The number of hydrogen-bond donors (Lipinski definition) is 0. The van der Waals surface area contributed by atoms with E-state index < -0.39 is 0 Å². The third-order valence-corrected chi connectivity index (χ3v) is 2.49. The lowest BCUT2D eigenvalue weighted by molar-refractivity contribution is 0.522. The highest BCUT2D eigenvalue weighted by atomic mass is 16.1. The fourth-order valence-corrected chi connectivity index (χ4v) is 1.57. The van der Waals surface area contributed by atoms with Crippen LogP contribution in [0.4, 0.5) is 0 Å². The minimum absolute atomic E-state index is 0.190. The van der Waals surface area contributed by atoms with Crippen LogP contribution in [0, 0.1) is 0 Å². The number of hydrogen-bond acceptors (Lipinski definition) is 4. The molecule has 0 heterocycles. The summed E-state index contributed by atoms with van der Waals surface area (Å²) in [7, 11) is 0. The molecular formula is C12H20N2O2. The van der Waals surface area contributed by atoms with Gasteiger partial charge >= 0.3 is 0 Å². The minimum Gasteiger partial charge on any atom is -0.211 e. The van der Waals surface area contributed by atoms with Crippen LogP contribution >= 0.6 is 0 Å². The molecule has 0 aliphatic rings. The van der Waals surface area contributed by atoms with Crippen LogP contribution in [0.1, 0.15) is 51.9 Å². The predicted octanol–water partition coefficient (Wildman–Crippen LogP) is 2.78. The first-order chi connectivity index (χ1) is 7.85. The quantitative estimate of drug-likeness (QED) is 0.325. The number of nitrogens with zero attached hydrogens (tertiary/aromatic N) is 2. The smallest absolute Gasteiger partial charge is 0.211 e. The summed E-state index contributed by atoms with van der Waals surface area (Å²) >= 11 is 0. The summed E-state index contributed by atoms with van der Waals surface area (Å²) < 4.78 is 0. The SMILES string of the molecule is CCCCCCCCC(CN=C=O)N=C=O. The van der Waals surface area contributed by atoms with Crippen molar-refractivity contribution in [2.24, 2.45) is 9.98 Å². The van der Waals surface area contributed by atoms with Crippen molar-refractivity contribution in [1.82, 2.24) is 0 Å². The molecule has 0 aliphatic heterocycles. The van der Waals surface area contributed by atoms with Crippen LogP contribution in [-0.2, 0) is 9.59 Å². The predicted molar refractivity (Wildman–Crippen MR) is 62.9 cm³/mol. The highest BCUT2D eigenvalue weighted by Gasteiger charge is 2.05. The van der Waals surface area contributed by atoms with Gasteiger partial charge in [-0.15, -0.1) is 0 Å². The molecule has 4 nitrogen and oxygen atoms in total. The Labute approximate surface area is 96.9 Å². The third kappa shape index (κ3) is 9.32. The molecule has 0 N–H and O–H groups in total. The lowest BCUT2D eigenvalue weighted by Gasteiger charge is -2.06. The molecule has 1 unspecified atom stereocenters. The molecule has 0 spiro atoms. The second-order valence-electron chi connectivity index (χ2n) is 3.86. The highest BCUT2D eigenvalue weighted by molar-refractivity contribution is 5.35. The molecule has 0 bridgehead atoms. The number of carbonyl (C=O) groups excluding carboxylic acids is 2. The van der Waals surface area contributed by atoms with E-state index in [9.17, 15) is 9.59 Å². The van der Waals surface area contributed by atoms with E-state index in [4.69, 9.17) is 0 Å². The van der Waals surface area contributed by atoms with E-state index in [0.29, 0.717) is 0 Å². The molecular weight excluding hydrogens is 204 g/mol. The molecule has 0 radical (unpaired) electrons. The van der Waals surface area contributed by atoms with Crippen LogP contribution in [0.15, 0.2) is 9.98 Å². The van der Waals surface area contributed by atoms with Crippen LogP contribution in [0.2, 0.25) is 0 Å². The molecule has 0 saturated carbocycles. The standard InChI is InChI=1S/C12H20N2O2/c1-2-3-4-5-6-7-8-12(14-11-16)9-13-10-15/h12H,2-9H2,1H3. The van der Waals surface area contributed by atoms with Crippen LogP contribution < -0.4 is 0 Å². The van der Waals surface area contributed by atoms with Gasteiger partial charge in [0.1, 0.15) is 0 Å². The normalized spacial score (nSPS) is 11.3. The van der Waals surface area contributed by atoms with Gasteiger partial charge in [-0.25, -0.2) is 19.6 Å². The van der Waals surface area contributed by atoms with E-state index in [1.165, 1.54) is 37.8 Å². The molecule has 0 fully saturated rings. The molecule has 0 amide bonds. The Hall–Kier alpha value is -1.24. The summed E-state index contributed by atoms with van der Waals surface area (Å²) in [4.78, 5) is 27.1. The third-order valence-electron chi connectivity index (χ3n) is 2.49. The number of isocyanates is 2. The van der Waals surface area contributed by atoms with Gasteiger partial charge in [-0.1, -0.05) is 45.4 Å². The zero-order valence-corrected chi connectivity index (χ0v) is 9.95. The molecule has 0 aromatic carbocycles. The van der Waals surface area contributed by atoms with Gasteiger partial charge in [-0.05, 0) is 6.42 Å². The van der Waals surface area contributed by atoms with Crippen molar-refractivity contribution >= 4 is 12.2 Å². The van der Waals surface area contributed by atoms with E-state index in [1.54, 1.807) is 0 Å². The van der Waals surface area contributed by atoms with Crippen LogP contribution in [0.5, 0.6) is 0 Å². The van der Waals surface area contributed by atoms with Crippen molar-refractivity contribution in [1.29, 1.82) is 0 Å². The first-order valence-corrected chi connectivity index (χ1v) is 5.95.